The molecule has 1 aliphatic carbocycles. The van der Waals surface area contributed by atoms with E-state index in [9.17, 15) is 13.2 Å². The Morgan fingerprint density at radius 1 is 1.31 bits per heavy atom. The molecule has 0 spiro atoms. The smallest absolute Gasteiger partial charge is 0.281 e. The Bertz CT molecular complexity index is 374. The van der Waals surface area contributed by atoms with Gasteiger partial charge in [-0.25, -0.2) is 0 Å². The predicted octanol–water partition coefficient (Wildman–Crippen LogP) is 3.90. The lowest BCUT2D eigenvalue weighted by atomic mass is 10.3. The molecular formula is C11H12F3NS. The molecule has 0 unspecified atom stereocenters. The van der Waals surface area contributed by atoms with Crippen LogP contribution in [0.4, 0.5) is 18.9 Å². The van der Waals surface area contributed by atoms with E-state index in [2.05, 4.69) is 0 Å². The first-order chi connectivity index (χ1) is 7.52. The minimum atomic E-state index is -4.28. The number of nitrogens with zero attached hydrogens (tertiary/aromatic N) is 1. The fraction of sp³-hybridized carbons (Fsp3) is 0.455. The number of alkyl halides is 3. The number of hydrogen-bond donors (Lipinski definition) is 0. The number of rotatable bonds is 3. The number of thioether (sulfide) groups is 1. The van der Waals surface area contributed by atoms with Crippen LogP contribution in [0.1, 0.15) is 12.8 Å². The average molecular weight is 247 g/mol. The molecule has 88 valence electrons. The molecule has 1 aromatic rings. The van der Waals surface area contributed by atoms with Gasteiger partial charge in [-0.2, -0.15) is 13.2 Å². The van der Waals surface area contributed by atoms with Crippen molar-refractivity contribution in [1.82, 2.24) is 0 Å². The van der Waals surface area contributed by atoms with Crippen LogP contribution in [0.3, 0.4) is 0 Å². The molecule has 1 aliphatic rings. The van der Waals surface area contributed by atoms with Crippen molar-refractivity contribution in [3.63, 3.8) is 0 Å². The Morgan fingerprint density at radius 3 is 2.50 bits per heavy atom. The molecule has 0 aromatic heterocycles. The fourth-order valence-corrected chi connectivity index (χ4v) is 2.11. The summed E-state index contributed by atoms with van der Waals surface area (Å²) >= 11 is 1.45. The van der Waals surface area contributed by atoms with Gasteiger partial charge in [0, 0.05) is 16.6 Å². The van der Waals surface area contributed by atoms with Gasteiger partial charge in [0.2, 0.25) is 0 Å². The molecule has 16 heavy (non-hydrogen) atoms. The summed E-state index contributed by atoms with van der Waals surface area (Å²) < 4.78 is 38.6. The van der Waals surface area contributed by atoms with Crippen LogP contribution in [0.25, 0.3) is 0 Å². The van der Waals surface area contributed by atoms with Gasteiger partial charge in [0.05, 0.1) is 0 Å². The molecule has 0 aliphatic heterocycles. The zero-order valence-corrected chi connectivity index (χ0v) is 9.61. The van der Waals surface area contributed by atoms with Crippen molar-refractivity contribution in [3.05, 3.63) is 24.3 Å². The average Bonchev–Trinajstić information content (AvgIpc) is 3.00. The number of benzene rings is 1. The van der Waals surface area contributed by atoms with Crippen LogP contribution < -0.4 is 4.90 Å². The molecule has 1 aromatic carbocycles. The van der Waals surface area contributed by atoms with Gasteiger partial charge in [0.15, 0.2) is 0 Å². The lowest BCUT2D eigenvalue weighted by Gasteiger charge is -2.27. The topological polar surface area (TPSA) is 3.24 Å². The number of hydrogen-bond acceptors (Lipinski definition) is 2. The molecule has 1 fully saturated rings. The second kappa shape index (κ2) is 4.20. The third-order valence-corrected chi connectivity index (χ3v) is 3.24. The first-order valence-electron chi connectivity index (χ1n) is 5.02. The Hall–Kier alpha value is -0.840. The van der Waals surface area contributed by atoms with Crippen molar-refractivity contribution in [3.8, 4) is 0 Å². The van der Waals surface area contributed by atoms with E-state index in [0.717, 1.165) is 4.90 Å². The summed E-state index contributed by atoms with van der Waals surface area (Å²) in [4.78, 5) is 1.43. The predicted molar refractivity (Wildman–Crippen MR) is 59.8 cm³/mol. The van der Waals surface area contributed by atoms with Crippen molar-refractivity contribution in [1.29, 1.82) is 0 Å². The Morgan fingerprint density at radius 2 is 2.00 bits per heavy atom. The quantitative estimate of drug-likeness (QED) is 0.588. The largest absolute Gasteiger partial charge is 0.485 e. The highest BCUT2D eigenvalue weighted by Gasteiger charge is 2.46. The van der Waals surface area contributed by atoms with Crippen LogP contribution >= 0.6 is 11.8 Å². The maximum absolute atomic E-state index is 12.9. The van der Waals surface area contributed by atoms with Crippen molar-refractivity contribution in [2.24, 2.45) is 0 Å². The maximum Gasteiger partial charge on any atom is 0.485 e. The lowest BCUT2D eigenvalue weighted by Crippen LogP contribution is -2.39. The molecule has 0 saturated heterocycles. The standard InChI is InChI=1S/C11H12F3NS/c1-16-10-4-2-3-9(7-10)15(8-5-6-8)11(12,13)14/h2-4,7-8H,5-6H2,1H3. The van der Waals surface area contributed by atoms with Crippen LogP contribution in [-0.2, 0) is 0 Å². The minimum Gasteiger partial charge on any atom is -0.281 e. The summed E-state index contributed by atoms with van der Waals surface area (Å²) in [5.41, 5.74) is 0.252. The SMILES string of the molecule is CSc1cccc(N(C2CC2)C(F)(F)F)c1. The third kappa shape index (κ3) is 2.45. The van der Waals surface area contributed by atoms with E-state index in [0.29, 0.717) is 17.7 Å². The van der Waals surface area contributed by atoms with E-state index in [1.807, 2.05) is 12.3 Å². The molecular weight excluding hydrogens is 235 g/mol. The molecule has 0 radical (unpaired) electrons. The summed E-state index contributed by atoms with van der Waals surface area (Å²) in [5, 5.41) is 0. The lowest BCUT2D eigenvalue weighted by molar-refractivity contribution is -0.130. The van der Waals surface area contributed by atoms with Gasteiger partial charge in [-0.05, 0) is 37.3 Å². The van der Waals surface area contributed by atoms with E-state index in [1.54, 1.807) is 12.1 Å². The molecule has 0 atom stereocenters. The molecule has 0 N–H and O–H groups in total. The summed E-state index contributed by atoms with van der Waals surface area (Å²) in [6.07, 6.45) is -1.17. The van der Waals surface area contributed by atoms with Gasteiger partial charge in [-0.1, -0.05) is 6.07 Å². The van der Waals surface area contributed by atoms with Crippen molar-refractivity contribution in [2.75, 3.05) is 11.2 Å². The monoisotopic (exact) mass is 247 g/mol. The van der Waals surface area contributed by atoms with Crippen LogP contribution in [0, 0.1) is 0 Å². The minimum absolute atomic E-state index is 0.252. The van der Waals surface area contributed by atoms with E-state index < -0.39 is 6.30 Å². The van der Waals surface area contributed by atoms with Gasteiger partial charge < -0.3 is 0 Å². The second-order valence-corrected chi connectivity index (χ2v) is 4.65. The Labute approximate surface area is 96.6 Å². The van der Waals surface area contributed by atoms with Crippen LogP contribution in [0.15, 0.2) is 29.2 Å². The van der Waals surface area contributed by atoms with Crippen LogP contribution in [0.5, 0.6) is 0 Å². The maximum atomic E-state index is 12.9. The van der Waals surface area contributed by atoms with E-state index >= 15 is 0 Å². The van der Waals surface area contributed by atoms with Gasteiger partial charge in [-0.3, -0.25) is 4.90 Å². The first kappa shape index (κ1) is 11.6. The van der Waals surface area contributed by atoms with E-state index in [1.165, 1.54) is 17.8 Å². The molecule has 0 bridgehead atoms. The normalized spacial score (nSPS) is 16.2. The Kier molecular flexibility index (Phi) is 3.06. The van der Waals surface area contributed by atoms with Crippen LogP contribution in [-0.4, -0.2) is 18.6 Å². The second-order valence-electron chi connectivity index (χ2n) is 3.77. The van der Waals surface area contributed by atoms with Gasteiger partial charge in [-0.15, -0.1) is 11.8 Å². The van der Waals surface area contributed by atoms with Gasteiger partial charge in [0.1, 0.15) is 0 Å². The molecule has 1 nitrogen and oxygen atoms in total. The Balaban J connectivity index is 2.31. The molecule has 0 heterocycles. The summed E-state index contributed by atoms with van der Waals surface area (Å²) in [7, 11) is 0. The number of anilines is 1. The van der Waals surface area contributed by atoms with Crippen molar-refractivity contribution < 1.29 is 13.2 Å². The first-order valence-corrected chi connectivity index (χ1v) is 6.25. The highest BCUT2D eigenvalue weighted by atomic mass is 32.2. The fourth-order valence-electron chi connectivity index (χ4n) is 1.66. The van der Waals surface area contributed by atoms with Crippen molar-refractivity contribution >= 4 is 17.4 Å². The zero-order valence-electron chi connectivity index (χ0n) is 8.79. The van der Waals surface area contributed by atoms with Crippen LogP contribution in [0.2, 0.25) is 0 Å². The summed E-state index contributed by atoms with van der Waals surface area (Å²) in [6.45, 7) is 0. The zero-order chi connectivity index (χ0) is 11.8. The molecule has 2 rings (SSSR count). The molecule has 5 heteroatoms. The highest BCUT2D eigenvalue weighted by Crippen LogP contribution is 2.40. The highest BCUT2D eigenvalue weighted by molar-refractivity contribution is 7.98. The summed E-state index contributed by atoms with van der Waals surface area (Å²) in [5.74, 6) is 0. The van der Waals surface area contributed by atoms with Crippen molar-refractivity contribution in [2.45, 2.75) is 30.1 Å². The van der Waals surface area contributed by atoms with Gasteiger partial charge >= 0.3 is 6.30 Å². The molecule has 0 amide bonds. The summed E-state index contributed by atoms with van der Waals surface area (Å²) in [6, 6.07) is 6.23. The van der Waals surface area contributed by atoms with Gasteiger partial charge in [0.25, 0.3) is 0 Å². The van der Waals surface area contributed by atoms with E-state index in [4.69, 9.17) is 0 Å². The number of halogens is 3. The van der Waals surface area contributed by atoms with E-state index in [-0.39, 0.29) is 11.7 Å². The molecule has 1 saturated carbocycles. The third-order valence-electron chi connectivity index (χ3n) is 2.52.